The molecular weight excluding hydrogens is 585 g/mol. The third-order valence-electron chi connectivity index (χ3n) is 8.67. The first-order valence-corrected chi connectivity index (χ1v) is 18.5. The third kappa shape index (κ3) is 9.61. The van der Waals surface area contributed by atoms with Crippen molar-refractivity contribution in [1.82, 2.24) is 4.98 Å². The smallest absolute Gasteiger partial charge is 0.213 e. The summed E-state index contributed by atoms with van der Waals surface area (Å²) in [7, 11) is -1.93. The van der Waals surface area contributed by atoms with Gasteiger partial charge in [0, 0.05) is 25.5 Å². The summed E-state index contributed by atoms with van der Waals surface area (Å²) < 4.78 is 37.2. The predicted octanol–water partition coefficient (Wildman–Crippen LogP) is 9.31. The Morgan fingerprint density at radius 2 is 1.56 bits per heavy atom. The van der Waals surface area contributed by atoms with Crippen molar-refractivity contribution in [2.75, 3.05) is 26.5 Å². The number of aryl methyl sites for hydroxylation is 2. The average molecular weight is 640 g/mol. The molecule has 0 saturated heterocycles. The minimum absolute atomic E-state index is 0.0752. The van der Waals surface area contributed by atoms with E-state index in [9.17, 15) is 9.50 Å². The van der Waals surface area contributed by atoms with Gasteiger partial charge in [-0.25, -0.2) is 9.37 Å². The molecule has 8 heteroatoms. The Hall–Kier alpha value is -2.78. The van der Waals surface area contributed by atoms with Crippen molar-refractivity contribution in [2.45, 2.75) is 104 Å². The monoisotopic (exact) mass is 639 g/mol. The largest absolute Gasteiger partial charge is 0.491 e. The molecule has 0 radical (unpaired) electrons. The number of pyridine rings is 1. The molecule has 0 unspecified atom stereocenters. The van der Waals surface area contributed by atoms with Crippen molar-refractivity contribution in [3.8, 4) is 22.8 Å². The number of nitrogens with zero attached hydrogens (tertiary/aromatic N) is 1. The van der Waals surface area contributed by atoms with Gasteiger partial charge in [-0.05, 0) is 101 Å². The van der Waals surface area contributed by atoms with Gasteiger partial charge in [0.05, 0.1) is 6.10 Å². The van der Waals surface area contributed by atoms with Crippen molar-refractivity contribution >= 4 is 8.32 Å². The molecule has 248 valence electrons. The lowest BCUT2D eigenvalue weighted by Gasteiger charge is -2.42. The summed E-state index contributed by atoms with van der Waals surface area (Å²) >= 11 is 0. The van der Waals surface area contributed by atoms with Gasteiger partial charge in [-0.1, -0.05) is 59.7 Å². The molecule has 1 aromatic heterocycles. The van der Waals surface area contributed by atoms with Crippen LogP contribution in [0.5, 0.6) is 11.6 Å². The summed E-state index contributed by atoms with van der Waals surface area (Å²) in [5, 5.41) is 9.49. The standard InChI is InChI=1S/C37H54FNO5Si/c1-10-41-35(16-17-44-45(25(2)3,26(4)5)27(6)7)32-14-15-36(39-22-32)43-23-30-12-11-13-31(20-30)37-28(8)18-34(19-29(37)9)42-24-33(40)21-38/h11-15,18-20,22,25-27,33,35,40H,10,16-17,21,23-24H2,1-9H3/t33-,35+/m1/s1. The SMILES string of the molecule is CCO[C@@H](CCO[Si](C(C)C)(C(C)C)C(C)C)c1ccc(OCc2cccc(-c3c(C)cc(OC[C@H](O)CF)cc3C)c2)nc1. The van der Waals surface area contributed by atoms with E-state index in [1.807, 2.05) is 63.4 Å². The van der Waals surface area contributed by atoms with Gasteiger partial charge >= 0.3 is 0 Å². The predicted molar refractivity (Wildman–Crippen MR) is 183 cm³/mol. The zero-order chi connectivity index (χ0) is 33.1. The summed E-state index contributed by atoms with van der Waals surface area (Å²) in [4.78, 5) is 4.60. The summed E-state index contributed by atoms with van der Waals surface area (Å²) in [6, 6.07) is 16.0. The number of aliphatic hydroxyl groups excluding tert-OH is 1. The molecule has 0 amide bonds. The summed E-state index contributed by atoms with van der Waals surface area (Å²) in [5.41, 5.74) is 7.95. The van der Waals surface area contributed by atoms with E-state index >= 15 is 0 Å². The highest BCUT2D eigenvalue weighted by molar-refractivity contribution is 6.77. The number of alkyl halides is 1. The van der Waals surface area contributed by atoms with E-state index < -0.39 is 21.1 Å². The van der Waals surface area contributed by atoms with Crippen molar-refractivity contribution in [3.63, 3.8) is 0 Å². The molecule has 2 aromatic carbocycles. The van der Waals surface area contributed by atoms with Crippen LogP contribution in [0.3, 0.4) is 0 Å². The second-order valence-electron chi connectivity index (χ2n) is 12.9. The van der Waals surface area contributed by atoms with E-state index in [2.05, 4.69) is 58.7 Å². The maximum atomic E-state index is 12.6. The van der Waals surface area contributed by atoms with Crippen LogP contribution in [0.15, 0.2) is 54.7 Å². The number of aromatic nitrogens is 1. The number of rotatable bonds is 18. The highest BCUT2D eigenvalue weighted by Crippen LogP contribution is 2.42. The van der Waals surface area contributed by atoms with Gasteiger partial charge in [0.25, 0.3) is 0 Å². The Morgan fingerprint density at radius 3 is 2.11 bits per heavy atom. The van der Waals surface area contributed by atoms with Crippen molar-refractivity contribution in [3.05, 3.63) is 77.0 Å². The van der Waals surface area contributed by atoms with E-state index in [0.717, 1.165) is 39.8 Å². The minimum atomic E-state index is -1.93. The molecule has 6 nitrogen and oxygen atoms in total. The maximum absolute atomic E-state index is 12.6. The van der Waals surface area contributed by atoms with E-state index in [-0.39, 0.29) is 12.7 Å². The molecular formula is C37H54FNO5Si. The van der Waals surface area contributed by atoms with Crippen LogP contribution in [0.4, 0.5) is 4.39 Å². The van der Waals surface area contributed by atoms with Crippen LogP contribution >= 0.6 is 0 Å². The molecule has 0 saturated carbocycles. The quantitative estimate of drug-likeness (QED) is 0.140. The number of aliphatic hydroxyl groups is 1. The molecule has 0 aliphatic heterocycles. The molecule has 1 N–H and O–H groups in total. The van der Waals surface area contributed by atoms with Crippen LogP contribution in [0.1, 0.15) is 83.2 Å². The van der Waals surface area contributed by atoms with Crippen LogP contribution in [-0.4, -0.2) is 51.0 Å². The second kappa shape index (κ2) is 17.2. The molecule has 0 bridgehead atoms. The number of halogens is 1. The Balaban J connectivity index is 1.65. The Bertz CT molecular complexity index is 1290. The van der Waals surface area contributed by atoms with Gasteiger partial charge in [-0.3, -0.25) is 0 Å². The molecule has 3 rings (SSSR count). The Labute approximate surface area is 271 Å². The Kier molecular flexibility index (Phi) is 14.0. The topological polar surface area (TPSA) is 70.0 Å². The molecule has 45 heavy (non-hydrogen) atoms. The van der Waals surface area contributed by atoms with E-state index in [1.54, 1.807) is 0 Å². The fraction of sp³-hybridized carbons (Fsp3) is 0.541. The number of hydrogen-bond donors (Lipinski definition) is 1. The first kappa shape index (κ1) is 36.7. The highest BCUT2D eigenvalue weighted by atomic mass is 28.4. The number of benzene rings is 2. The van der Waals surface area contributed by atoms with Crippen molar-refractivity contribution in [2.24, 2.45) is 0 Å². The van der Waals surface area contributed by atoms with Crippen LogP contribution in [0, 0.1) is 13.8 Å². The highest BCUT2D eigenvalue weighted by Gasteiger charge is 2.45. The molecule has 0 aliphatic carbocycles. The molecule has 0 fully saturated rings. The van der Waals surface area contributed by atoms with E-state index in [1.165, 1.54) is 0 Å². The molecule has 3 aromatic rings. The second-order valence-corrected chi connectivity index (χ2v) is 18.3. The van der Waals surface area contributed by atoms with Gasteiger partial charge in [0.1, 0.15) is 31.7 Å². The summed E-state index contributed by atoms with van der Waals surface area (Å²) in [6.07, 6.45) is 1.44. The lowest BCUT2D eigenvalue weighted by molar-refractivity contribution is 0.0436. The molecule has 2 atom stereocenters. The fourth-order valence-electron chi connectivity index (χ4n) is 6.73. The first-order chi connectivity index (χ1) is 21.4. The van der Waals surface area contributed by atoms with Crippen molar-refractivity contribution in [1.29, 1.82) is 0 Å². The van der Waals surface area contributed by atoms with Crippen LogP contribution in [0.25, 0.3) is 11.1 Å². The lowest BCUT2D eigenvalue weighted by Crippen LogP contribution is -2.48. The summed E-state index contributed by atoms with van der Waals surface area (Å²) in [5.74, 6) is 1.18. The first-order valence-electron chi connectivity index (χ1n) is 16.3. The van der Waals surface area contributed by atoms with Crippen molar-refractivity contribution < 1.29 is 28.1 Å². The molecule has 0 spiro atoms. The van der Waals surface area contributed by atoms with Gasteiger partial charge in [-0.2, -0.15) is 0 Å². The van der Waals surface area contributed by atoms with Gasteiger partial charge in [0.15, 0.2) is 8.32 Å². The Morgan fingerprint density at radius 1 is 0.889 bits per heavy atom. The minimum Gasteiger partial charge on any atom is -0.491 e. The van der Waals surface area contributed by atoms with Crippen LogP contribution < -0.4 is 9.47 Å². The van der Waals surface area contributed by atoms with Gasteiger partial charge < -0.3 is 23.7 Å². The fourth-order valence-corrected chi connectivity index (χ4v) is 12.2. The summed E-state index contributed by atoms with van der Waals surface area (Å²) in [6.45, 7) is 20.7. The lowest BCUT2D eigenvalue weighted by atomic mass is 9.94. The van der Waals surface area contributed by atoms with Crippen LogP contribution in [-0.2, 0) is 15.8 Å². The number of hydrogen-bond acceptors (Lipinski definition) is 6. The number of ether oxygens (including phenoxy) is 3. The maximum Gasteiger partial charge on any atom is 0.213 e. The third-order valence-corrected chi connectivity index (χ3v) is 14.8. The van der Waals surface area contributed by atoms with E-state index in [4.69, 9.17) is 18.6 Å². The molecule has 0 aliphatic rings. The van der Waals surface area contributed by atoms with Crippen LogP contribution in [0.2, 0.25) is 16.6 Å². The van der Waals surface area contributed by atoms with Gasteiger partial charge in [-0.15, -0.1) is 0 Å². The normalized spacial score (nSPS) is 13.5. The van der Waals surface area contributed by atoms with Gasteiger partial charge in [0.2, 0.25) is 5.88 Å². The molecule has 1 heterocycles. The average Bonchev–Trinajstić information content (AvgIpc) is 3.00. The zero-order valence-corrected chi connectivity index (χ0v) is 29.7. The zero-order valence-electron chi connectivity index (χ0n) is 28.7. The van der Waals surface area contributed by atoms with E-state index in [0.29, 0.717) is 48.1 Å².